The van der Waals surface area contributed by atoms with Crippen molar-refractivity contribution in [1.82, 2.24) is 4.90 Å². The molecule has 1 unspecified atom stereocenters. The van der Waals surface area contributed by atoms with E-state index < -0.39 is 23.8 Å². The number of amides is 1. The van der Waals surface area contributed by atoms with Crippen molar-refractivity contribution in [3.05, 3.63) is 87.7 Å². The maximum Gasteiger partial charge on any atom is 0.338 e. The van der Waals surface area contributed by atoms with Gasteiger partial charge in [0, 0.05) is 11.0 Å². The van der Waals surface area contributed by atoms with Crippen LogP contribution >= 0.6 is 11.8 Å². The molecule has 1 amide bonds. The zero-order valence-electron chi connectivity index (χ0n) is 21.5. The van der Waals surface area contributed by atoms with E-state index in [2.05, 4.69) is 0 Å². The zero-order chi connectivity index (χ0) is 27.4. The maximum atomic E-state index is 13.5. The molecule has 0 radical (unpaired) electrons. The minimum atomic E-state index is -0.944. The van der Waals surface area contributed by atoms with Crippen LogP contribution in [0, 0.1) is 0 Å². The molecule has 0 bridgehead atoms. The van der Waals surface area contributed by atoms with E-state index in [1.807, 2.05) is 12.1 Å². The molecule has 1 atom stereocenters. The van der Waals surface area contributed by atoms with Crippen LogP contribution in [-0.2, 0) is 23.9 Å². The molecule has 2 aliphatic rings. The summed E-state index contributed by atoms with van der Waals surface area (Å²) < 4.78 is 21.3. The van der Waals surface area contributed by atoms with Crippen LogP contribution in [0.3, 0.4) is 0 Å². The van der Waals surface area contributed by atoms with E-state index in [4.69, 9.17) is 24.7 Å². The lowest BCUT2D eigenvalue weighted by Crippen LogP contribution is -2.42. The Kier molecular flexibility index (Phi) is 8.11. The van der Waals surface area contributed by atoms with Crippen LogP contribution in [0.5, 0.6) is 11.5 Å². The van der Waals surface area contributed by atoms with Gasteiger partial charge >= 0.3 is 11.9 Å². The van der Waals surface area contributed by atoms with Gasteiger partial charge < -0.3 is 24.7 Å². The Morgan fingerprint density at radius 1 is 0.868 bits per heavy atom. The molecular formula is C28H28N2O7S. The molecule has 0 spiro atoms. The third-order valence-electron chi connectivity index (χ3n) is 6.02. The van der Waals surface area contributed by atoms with Gasteiger partial charge in [0.05, 0.1) is 44.5 Å². The highest BCUT2D eigenvalue weighted by atomic mass is 32.2. The number of nitrogens with two attached hydrogens (primary N) is 1. The van der Waals surface area contributed by atoms with Gasteiger partial charge in [0.15, 0.2) is 0 Å². The molecule has 198 valence electrons. The molecule has 0 saturated heterocycles. The Balaban J connectivity index is 1.95. The molecule has 4 rings (SSSR count). The number of thioether (sulfide) groups is 1. The van der Waals surface area contributed by atoms with Crippen LogP contribution < -0.4 is 15.2 Å². The molecule has 2 aromatic rings. The van der Waals surface area contributed by atoms with Crippen molar-refractivity contribution in [2.24, 2.45) is 5.73 Å². The molecule has 0 saturated carbocycles. The average molecular weight is 537 g/mol. The highest BCUT2D eigenvalue weighted by molar-refractivity contribution is 8.11. The van der Waals surface area contributed by atoms with E-state index in [0.717, 1.165) is 5.56 Å². The topological polar surface area (TPSA) is 117 Å². The molecule has 0 fully saturated rings. The van der Waals surface area contributed by atoms with Crippen molar-refractivity contribution in [2.75, 3.05) is 27.4 Å². The van der Waals surface area contributed by atoms with Gasteiger partial charge in [0.2, 0.25) is 0 Å². The standard InChI is InChI=1S/C28H28N2O7S/c1-5-36-27(32)23-22(17-9-13-19(35-4)14-10-17)24(28(33)37-6-2)26-30(25(23)29)21(31)15-20(38-26)16-7-11-18(34-3)12-8-16/h7-15,22H,5-6,29H2,1-4H3. The number of ether oxygens (including phenoxy) is 4. The van der Waals surface area contributed by atoms with Crippen LogP contribution in [0.25, 0.3) is 4.91 Å². The highest BCUT2D eigenvalue weighted by Gasteiger charge is 2.46. The number of esters is 2. The fourth-order valence-corrected chi connectivity index (χ4v) is 5.48. The van der Waals surface area contributed by atoms with Crippen LogP contribution in [0.15, 0.2) is 76.6 Å². The molecule has 38 heavy (non-hydrogen) atoms. The summed E-state index contributed by atoms with van der Waals surface area (Å²) in [5, 5.41) is 0.271. The molecule has 10 heteroatoms. The summed E-state index contributed by atoms with van der Waals surface area (Å²) in [5.41, 5.74) is 7.95. The normalized spacial score (nSPS) is 17.1. The second kappa shape index (κ2) is 11.5. The largest absolute Gasteiger partial charge is 0.497 e. The third kappa shape index (κ3) is 4.99. The smallest absolute Gasteiger partial charge is 0.338 e. The van der Waals surface area contributed by atoms with Gasteiger partial charge in [-0.15, -0.1) is 0 Å². The number of nitrogens with zero attached hydrogens (tertiary/aromatic N) is 1. The predicted octanol–water partition coefficient (Wildman–Crippen LogP) is 3.93. The molecule has 2 heterocycles. The number of rotatable bonds is 8. The van der Waals surface area contributed by atoms with Crippen LogP contribution in [0.4, 0.5) is 0 Å². The van der Waals surface area contributed by atoms with Gasteiger partial charge in [-0.1, -0.05) is 36.0 Å². The minimum absolute atomic E-state index is 0.0148. The first-order chi connectivity index (χ1) is 18.3. The summed E-state index contributed by atoms with van der Waals surface area (Å²) in [4.78, 5) is 42.0. The van der Waals surface area contributed by atoms with Crippen molar-refractivity contribution in [2.45, 2.75) is 19.8 Å². The van der Waals surface area contributed by atoms with Crippen LogP contribution in [0.2, 0.25) is 0 Å². The van der Waals surface area contributed by atoms with E-state index in [0.29, 0.717) is 22.0 Å². The Morgan fingerprint density at radius 2 is 1.39 bits per heavy atom. The first-order valence-corrected chi connectivity index (χ1v) is 12.8. The van der Waals surface area contributed by atoms with Gasteiger partial charge in [-0.2, -0.15) is 0 Å². The SMILES string of the molecule is CCOC(=O)C1=C(N)N2C(=O)C=C(c3ccc(OC)cc3)SC2=C(C(=O)OCC)C1c1ccc(OC)cc1. The number of carbonyl (C=O) groups excluding carboxylic acids is 3. The van der Waals surface area contributed by atoms with E-state index >= 15 is 0 Å². The summed E-state index contributed by atoms with van der Waals surface area (Å²) in [5.74, 6) is -1.68. The summed E-state index contributed by atoms with van der Waals surface area (Å²) in [6, 6.07) is 14.1. The number of hydrogen-bond donors (Lipinski definition) is 1. The van der Waals surface area contributed by atoms with E-state index in [9.17, 15) is 14.4 Å². The summed E-state index contributed by atoms with van der Waals surface area (Å²) in [7, 11) is 3.11. The number of hydrogen-bond acceptors (Lipinski definition) is 9. The average Bonchev–Trinajstić information content (AvgIpc) is 2.92. The lowest BCUT2D eigenvalue weighted by Gasteiger charge is -2.38. The highest BCUT2D eigenvalue weighted by Crippen LogP contribution is 2.50. The van der Waals surface area contributed by atoms with Crippen LogP contribution in [0.1, 0.15) is 30.9 Å². The molecule has 9 nitrogen and oxygen atoms in total. The monoisotopic (exact) mass is 536 g/mol. The maximum absolute atomic E-state index is 13.5. The Bertz CT molecular complexity index is 1340. The lowest BCUT2D eigenvalue weighted by molar-refractivity contribution is -0.139. The number of methoxy groups -OCH3 is 2. The minimum Gasteiger partial charge on any atom is -0.497 e. The Hall–Kier alpha value is -4.18. The summed E-state index contributed by atoms with van der Waals surface area (Å²) in [6.07, 6.45) is 1.42. The van der Waals surface area contributed by atoms with Gasteiger partial charge in [-0.05, 0) is 49.2 Å². The van der Waals surface area contributed by atoms with Gasteiger partial charge in [-0.3, -0.25) is 9.69 Å². The summed E-state index contributed by atoms with van der Waals surface area (Å²) in [6.45, 7) is 3.53. The molecule has 2 aromatic carbocycles. The quantitative estimate of drug-likeness (QED) is 0.501. The van der Waals surface area contributed by atoms with Gasteiger partial charge in [-0.25, -0.2) is 9.59 Å². The van der Waals surface area contributed by atoms with Crippen molar-refractivity contribution in [3.63, 3.8) is 0 Å². The van der Waals surface area contributed by atoms with Gasteiger partial charge in [0.25, 0.3) is 5.91 Å². The van der Waals surface area contributed by atoms with Crippen molar-refractivity contribution < 1.29 is 33.3 Å². The van der Waals surface area contributed by atoms with E-state index in [-0.39, 0.29) is 35.2 Å². The molecule has 0 aromatic heterocycles. The molecule has 2 N–H and O–H groups in total. The van der Waals surface area contributed by atoms with E-state index in [1.165, 1.54) is 22.7 Å². The second-order valence-electron chi connectivity index (χ2n) is 8.18. The molecular weight excluding hydrogens is 508 g/mol. The molecule has 0 aliphatic carbocycles. The zero-order valence-corrected chi connectivity index (χ0v) is 22.3. The molecule has 2 aliphatic heterocycles. The van der Waals surface area contributed by atoms with Gasteiger partial charge in [0.1, 0.15) is 22.3 Å². The number of benzene rings is 2. The Morgan fingerprint density at radius 3 is 1.92 bits per heavy atom. The van der Waals surface area contributed by atoms with Crippen molar-refractivity contribution in [1.29, 1.82) is 0 Å². The lowest BCUT2D eigenvalue weighted by atomic mass is 9.82. The summed E-state index contributed by atoms with van der Waals surface area (Å²) >= 11 is 1.20. The third-order valence-corrected chi connectivity index (χ3v) is 7.19. The predicted molar refractivity (Wildman–Crippen MR) is 143 cm³/mol. The fraction of sp³-hybridized carbons (Fsp3) is 0.250. The first kappa shape index (κ1) is 26.9. The van der Waals surface area contributed by atoms with Crippen LogP contribution in [-0.4, -0.2) is 50.2 Å². The first-order valence-electron chi connectivity index (χ1n) is 11.9. The second-order valence-corrected chi connectivity index (χ2v) is 9.21. The van der Waals surface area contributed by atoms with E-state index in [1.54, 1.807) is 64.5 Å². The number of fused-ring (bicyclic) bond motifs is 1. The van der Waals surface area contributed by atoms with Crippen molar-refractivity contribution in [3.8, 4) is 11.5 Å². The number of carbonyl (C=O) groups is 3. The fourth-order valence-electron chi connectivity index (χ4n) is 4.27. The van der Waals surface area contributed by atoms with Crippen molar-refractivity contribution >= 4 is 34.5 Å². The Labute approximate surface area is 224 Å².